The van der Waals surface area contributed by atoms with Crippen LogP contribution >= 0.6 is 0 Å². The van der Waals surface area contributed by atoms with Crippen LogP contribution in [0.25, 0.3) is 0 Å². The van der Waals surface area contributed by atoms with E-state index < -0.39 is 0 Å². The minimum Gasteiger partial charge on any atom is -0.339 e. The van der Waals surface area contributed by atoms with Crippen molar-refractivity contribution in [3.63, 3.8) is 0 Å². The van der Waals surface area contributed by atoms with Crippen LogP contribution in [0.2, 0.25) is 0 Å². The second-order valence-electron chi connectivity index (χ2n) is 4.01. The van der Waals surface area contributed by atoms with Crippen molar-refractivity contribution in [2.24, 2.45) is 12.0 Å². The van der Waals surface area contributed by atoms with E-state index in [1.807, 2.05) is 25.5 Å². The van der Waals surface area contributed by atoms with Crippen LogP contribution in [0.5, 0.6) is 0 Å². The van der Waals surface area contributed by atoms with Crippen LogP contribution in [0.15, 0.2) is 29.5 Å². The minimum atomic E-state index is 0.842. The largest absolute Gasteiger partial charge is 0.339 e. The van der Waals surface area contributed by atoms with Gasteiger partial charge in [-0.1, -0.05) is 0 Å². The summed E-state index contributed by atoms with van der Waals surface area (Å²) in [5.41, 5.74) is 3.18. The van der Waals surface area contributed by atoms with E-state index in [-0.39, 0.29) is 0 Å². The van der Waals surface area contributed by atoms with E-state index in [4.69, 9.17) is 0 Å². The standard InChI is InChI=1S/C12H13N5/c1-17-12(3-5-15-17)16-10-6-9-7-13-4-2-11(9)14-8-10/h3,5-8,16H,2,4H2,1H3. The van der Waals surface area contributed by atoms with E-state index in [0.29, 0.717) is 0 Å². The maximum Gasteiger partial charge on any atom is 0.128 e. The highest BCUT2D eigenvalue weighted by molar-refractivity contribution is 5.84. The van der Waals surface area contributed by atoms with Gasteiger partial charge in [0.05, 0.1) is 23.8 Å². The maximum absolute atomic E-state index is 4.45. The van der Waals surface area contributed by atoms with Crippen molar-refractivity contribution in [2.75, 3.05) is 11.9 Å². The van der Waals surface area contributed by atoms with Gasteiger partial charge in [0.2, 0.25) is 0 Å². The van der Waals surface area contributed by atoms with Crippen LogP contribution < -0.4 is 5.32 Å². The Balaban J connectivity index is 1.90. The van der Waals surface area contributed by atoms with Crippen molar-refractivity contribution in [3.8, 4) is 0 Å². The van der Waals surface area contributed by atoms with Gasteiger partial charge < -0.3 is 5.32 Å². The van der Waals surface area contributed by atoms with Gasteiger partial charge in [0, 0.05) is 37.9 Å². The molecule has 17 heavy (non-hydrogen) atoms. The second-order valence-corrected chi connectivity index (χ2v) is 4.01. The lowest BCUT2D eigenvalue weighted by molar-refractivity contribution is 0.776. The van der Waals surface area contributed by atoms with Gasteiger partial charge in [0.15, 0.2) is 0 Å². The fraction of sp³-hybridized carbons (Fsp3) is 0.250. The first-order valence-corrected chi connectivity index (χ1v) is 5.57. The second kappa shape index (κ2) is 4.01. The van der Waals surface area contributed by atoms with Crippen LogP contribution in [-0.2, 0) is 13.5 Å². The number of aliphatic imine (C=N–C) groups is 1. The molecule has 0 bridgehead atoms. The van der Waals surface area contributed by atoms with Crippen molar-refractivity contribution in [1.29, 1.82) is 0 Å². The molecular weight excluding hydrogens is 214 g/mol. The molecule has 3 heterocycles. The number of pyridine rings is 1. The number of rotatable bonds is 2. The first-order chi connectivity index (χ1) is 8.33. The monoisotopic (exact) mass is 227 g/mol. The fourth-order valence-corrected chi connectivity index (χ4v) is 1.88. The Bertz CT molecular complexity index is 570. The van der Waals surface area contributed by atoms with Crippen molar-refractivity contribution in [3.05, 3.63) is 35.8 Å². The molecule has 0 aromatic carbocycles. The van der Waals surface area contributed by atoms with Gasteiger partial charge in [-0.15, -0.1) is 0 Å². The first kappa shape index (κ1) is 10.0. The average molecular weight is 227 g/mol. The molecule has 3 rings (SSSR count). The summed E-state index contributed by atoms with van der Waals surface area (Å²) in [6, 6.07) is 3.99. The molecule has 0 amide bonds. The number of fused-ring (bicyclic) bond motifs is 1. The quantitative estimate of drug-likeness (QED) is 0.846. The molecule has 1 aliphatic heterocycles. The molecule has 0 fully saturated rings. The first-order valence-electron chi connectivity index (χ1n) is 5.57. The predicted molar refractivity (Wildman–Crippen MR) is 66.9 cm³/mol. The normalized spacial score (nSPS) is 13.5. The van der Waals surface area contributed by atoms with Crippen LogP contribution in [0.4, 0.5) is 11.5 Å². The van der Waals surface area contributed by atoms with Crippen LogP contribution in [0, 0.1) is 0 Å². The van der Waals surface area contributed by atoms with E-state index in [1.54, 1.807) is 10.9 Å². The zero-order valence-corrected chi connectivity index (χ0v) is 9.59. The summed E-state index contributed by atoms with van der Waals surface area (Å²) in [5.74, 6) is 0.944. The molecule has 5 heteroatoms. The number of aryl methyl sites for hydroxylation is 1. The molecule has 0 spiro atoms. The average Bonchev–Trinajstić information content (AvgIpc) is 2.75. The molecule has 0 radical (unpaired) electrons. The summed E-state index contributed by atoms with van der Waals surface area (Å²) >= 11 is 0. The van der Waals surface area contributed by atoms with Gasteiger partial charge in [0.25, 0.3) is 0 Å². The molecule has 2 aromatic rings. The summed E-state index contributed by atoms with van der Waals surface area (Å²) in [7, 11) is 1.90. The molecule has 1 aliphatic rings. The lowest BCUT2D eigenvalue weighted by Crippen LogP contribution is -2.07. The molecule has 5 nitrogen and oxygen atoms in total. The summed E-state index contributed by atoms with van der Waals surface area (Å²) in [6.45, 7) is 0.842. The molecule has 0 saturated carbocycles. The van der Waals surface area contributed by atoms with Crippen molar-refractivity contribution in [1.82, 2.24) is 14.8 Å². The lowest BCUT2D eigenvalue weighted by atomic mass is 10.1. The summed E-state index contributed by atoms with van der Waals surface area (Å²) in [6.07, 6.45) is 6.43. The number of nitrogens with zero attached hydrogens (tertiary/aromatic N) is 4. The third kappa shape index (κ3) is 1.91. The van der Waals surface area contributed by atoms with Crippen LogP contribution in [0.3, 0.4) is 0 Å². The maximum atomic E-state index is 4.45. The number of nitrogens with one attached hydrogen (secondary N) is 1. The van der Waals surface area contributed by atoms with Gasteiger partial charge >= 0.3 is 0 Å². The molecule has 0 saturated heterocycles. The zero-order valence-electron chi connectivity index (χ0n) is 9.59. The molecule has 0 aliphatic carbocycles. The Labute approximate surface area is 99.2 Å². The van der Waals surface area contributed by atoms with Gasteiger partial charge in [0.1, 0.15) is 5.82 Å². The topological polar surface area (TPSA) is 55.1 Å². The number of hydrogen-bond donors (Lipinski definition) is 1. The molecule has 0 atom stereocenters. The Morgan fingerprint density at radius 3 is 3.18 bits per heavy atom. The summed E-state index contributed by atoms with van der Waals surface area (Å²) in [5, 5.41) is 7.39. The molecule has 0 unspecified atom stereocenters. The smallest absolute Gasteiger partial charge is 0.128 e. The minimum absolute atomic E-state index is 0.842. The molecule has 1 N–H and O–H groups in total. The van der Waals surface area contributed by atoms with Gasteiger partial charge in [-0.2, -0.15) is 5.10 Å². The van der Waals surface area contributed by atoms with Crippen molar-refractivity contribution < 1.29 is 0 Å². The van der Waals surface area contributed by atoms with Gasteiger partial charge in [-0.3, -0.25) is 14.7 Å². The Morgan fingerprint density at radius 2 is 2.35 bits per heavy atom. The Hall–Kier alpha value is -2.17. The zero-order chi connectivity index (χ0) is 11.7. The van der Waals surface area contributed by atoms with Crippen molar-refractivity contribution in [2.45, 2.75) is 6.42 Å². The molecule has 86 valence electrons. The highest BCUT2D eigenvalue weighted by Gasteiger charge is 2.08. The number of hydrogen-bond acceptors (Lipinski definition) is 4. The lowest BCUT2D eigenvalue weighted by Gasteiger charge is -2.11. The van der Waals surface area contributed by atoms with E-state index in [2.05, 4.69) is 26.5 Å². The van der Waals surface area contributed by atoms with E-state index in [1.165, 1.54) is 0 Å². The van der Waals surface area contributed by atoms with Gasteiger partial charge in [-0.25, -0.2) is 0 Å². The SMILES string of the molecule is Cn1nccc1Nc1cnc2c(c1)C=NCC2. The predicted octanol–water partition coefficient (Wildman–Crippen LogP) is 1.53. The van der Waals surface area contributed by atoms with E-state index in [0.717, 1.165) is 35.7 Å². The number of anilines is 2. The molecular formula is C12H13N5. The third-order valence-corrected chi connectivity index (χ3v) is 2.81. The third-order valence-electron chi connectivity index (χ3n) is 2.81. The Kier molecular flexibility index (Phi) is 2.36. The van der Waals surface area contributed by atoms with Crippen LogP contribution in [-0.4, -0.2) is 27.5 Å². The van der Waals surface area contributed by atoms with Crippen LogP contribution in [0.1, 0.15) is 11.3 Å². The summed E-state index contributed by atoms with van der Waals surface area (Å²) < 4.78 is 1.79. The van der Waals surface area contributed by atoms with E-state index in [9.17, 15) is 0 Å². The van der Waals surface area contributed by atoms with Crippen molar-refractivity contribution >= 4 is 17.7 Å². The fourth-order valence-electron chi connectivity index (χ4n) is 1.88. The molecule has 2 aromatic heterocycles. The Morgan fingerprint density at radius 1 is 1.41 bits per heavy atom. The summed E-state index contributed by atoms with van der Waals surface area (Å²) in [4.78, 5) is 8.71. The highest BCUT2D eigenvalue weighted by Crippen LogP contribution is 2.18. The van der Waals surface area contributed by atoms with E-state index >= 15 is 0 Å². The van der Waals surface area contributed by atoms with Gasteiger partial charge in [-0.05, 0) is 6.07 Å². The highest BCUT2D eigenvalue weighted by atomic mass is 15.3. The number of aromatic nitrogens is 3.